The second-order valence-corrected chi connectivity index (χ2v) is 1.68. The molecule has 0 amide bonds. The van der Waals surface area contributed by atoms with Gasteiger partial charge < -0.3 is 11.3 Å². The minimum absolute atomic E-state index is 0. The molecule has 0 saturated heterocycles. The molecule has 6 heteroatoms. The Bertz CT molecular complexity index is 97.1. The molecule has 0 aliphatic rings. The molecule has 54 valence electrons. The molecule has 0 bridgehead atoms. The third-order valence-electron chi connectivity index (χ3n) is 0.453. The quantitative estimate of drug-likeness (QED) is 0.391. The first-order chi connectivity index (χ1) is 3.77. The van der Waals surface area contributed by atoms with Crippen LogP contribution in [0.2, 0.25) is 0 Å². The van der Waals surface area contributed by atoms with Crippen LogP contribution < -0.4 is 11.5 Å². The fourth-order valence-electron chi connectivity index (χ4n) is 0.208. The first-order valence-electron chi connectivity index (χ1n) is 1.99. The smallest absolute Gasteiger partial charge is 0.317 e. The molecule has 5 nitrogen and oxygen atoms in total. The molecule has 0 aromatic carbocycles. The van der Waals surface area contributed by atoms with Gasteiger partial charge in [0.15, 0.2) is 8.46 Å². The van der Waals surface area contributed by atoms with Gasteiger partial charge in [-0.15, -0.1) is 0 Å². The minimum Gasteiger partial charge on any atom is -0.480 e. The number of hydrogen-bond donors (Lipinski definition) is 3. The van der Waals surface area contributed by atoms with Crippen molar-refractivity contribution in [1.29, 1.82) is 0 Å². The largest absolute Gasteiger partial charge is 0.480 e. The van der Waals surface area contributed by atoms with Crippen molar-refractivity contribution in [3.8, 4) is 0 Å². The zero-order valence-corrected chi connectivity index (χ0v) is 5.73. The Morgan fingerprint density at radius 1 is 1.67 bits per heavy atom. The van der Waals surface area contributed by atoms with Crippen LogP contribution in [0.15, 0.2) is 0 Å². The lowest BCUT2D eigenvalue weighted by Gasteiger charge is -1.89. The van der Waals surface area contributed by atoms with Gasteiger partial charge in [0.2, 0.25) is 0 Å². The lowest BCUT2D eigenvalue weighted by molar-refractivity contribution is -0.135. The summed E-state index contributed by atoms with van der Waals surface area (Å²) in [4.78, 5) is 9.71. The molecule has 0 aromatic heterocycles. The van der Waals surface area contributed by atoms with Gasteiger partial charge in [0.1, 0.15) is 0 Å². The zero-order chi connectivity index (χ0) is 6.41. The van der Waals surface area contributed by atoms with Gasteiger partial charge in [0.05, 0.1) is 12.8 Å². The normalized spacial score (nSPS) is 8.44. The average Bonchev–Trinajstić information content (AvgIpc) is 1.66. The van der Waals surface area contributed by atoms with Crippen LogP contribution in [-0.4, -0.2) is 23.9 Å². The molecule has 0 spiro atoms. The lowest BCUT2D eigenvalue weighted by Crippen LogP contribution is -2.20. The number of hydrogen-bond acceptors (Lipinski definition) is 4. The summed E-state index contributed by atoms with van der Waals surface area (Å²) in [6, 6.07) is 0. The minimum atomic E-state index is -0.936. The van der Waals surface area contributed by atoms with Crippen molar-refractivity contribution in [2.24, 2.45) is 0 Å². The Morgan fingerprint density at radius 2 is 2.22 bits per heavy atom. The van der Waals surface area contributed by atoms with Crippen LogP contribution in [0, 0.1) is 0 Å². The van der Waals surface area contributed by atoms with Gasteiger partial charge in [0, 0.05) is 0 Å². The van der Waals surface area contributed by atoms with Crippen molar-refractivity contribution in [3.05, 3.63) is 0 Å². The third-order valence-corrected chi connectivity index (χ3v) is 0.805. The van der Waals surface area contributed by atoms with Gasteiger partial charge in [-0.1, -0.05) is 0 Å². The van der Waals surface area contributed by atoms with E-state index in [-0.39, 0.29) is 27.4 Å². The van der Waals surface area contributed by atoms with Gasteiger partial charge in [-0.25, -0.2) is 0 Å². The Morgan fingerprint density at radius 3 is 2.56 bits per heavy atom. The SMILES string of the molecule is N.O=PCNCC(=O)O. The molecule has 0 aliphatic heterocycles. The zero-order valence-electron chi connectivity index (χ0n) is 4.83. The van der Waals surface area contributed by atoms with E-state index < -0.39 is 5.97 Å². The van der Waals surface area contributed by atoms with Crippen LogP contribution in [0.5, 0.6) is 0 Å². The molecular formula is C3H9N2O3P. The van der Waals surface area contributed by atoms with Crippen molar-refractivity contribution in [1.82, 2.24) is 11.5 Å². The molecule has 0 atom stereocenters. The fraction of sp³-hybridized carbons (Fsp3) is 0.667. The highest BCUT2D eigenvalue weighted by atomic mass is 31.1. The van der Waals surface area contributed by atoms with E-state index in [4.69, 9.17) is 5.11 Å². The van der Waals surface area contributed by atoms with E-state index in [2.05, 4.69) is 5.32 Å². The highest BCUT2D eigenvalue weighted by Crippen LogP contribution is 1.82. The Balaban J connectivity index is 0. The third kappa shape index (κ3) is 11.2. The van der Waals surface area contributed by atoms with Crippen molar-refractivity contribution in [2.45, 2.75) is 0 Å². The fourth-order valence-corrected chi connectivity index (χ4v) is 0.412. The van der Waals surface area contributed by atoms with E-state index in [1.165, 1.54) is 0 Å². The summed E-state index contributed by atoms with van der Waals surface area (Å²) < 4.78 is 9.63. The second kappa shape index (κ2) is 7.49. The highest BCUT2D eigenvalue weighted by molar-refractivity contribution is 7.23. The highest BCUT2D eigenvalue weighted by Gasteiger charge is 1.91. The monoisotopic (exact) mass is 152 g/mol. The van der Waals surface area contributed by atoms with Crippen molar-refractivity contribution >= 4 is 14.4 Å². The van der Waals surface area contributed by atoms with Gasteiger partial charge in [-0.2, -0.15) is 0 Å². The number of carboxylic acids is 1. The predicted octanol–water partition coefficient (Wildman–Crippen LogP) is 0.0718. The summed E-state index contributed by atoms with van der Waals surface area (Å²) in [6.45, 7) is -0.130. The standard InChI is InChI=1S/C3H6NO3P.H3N/c5-3(6)1-4-2-8-7;/h4H,1-2H2,(H,5,6);1H3. The van der Waals surface area contributed by atoms with Crippen molar-refractivity contribution in [2.75, 3.05) is 12.8 Å². The van der Waals surface area contributed by atoms with Crippen LogP contribution >= 0.6 is 8.46 Å². The summed E-state index contributed by atoms with van der Waals surface area (Å²) in [5, 5.41) is 10.4. The van der Waals surface area contributed by atoms with Crippen LogP contribution in [0.25, 0.3) is 0 Å². The maximum Gasteiger partial charge on any atom is 0.317 e. The lowest BCUT2D eigenvalue weighted by atomic mass is 10.7. The van der Waals surface area contributed by atoms with Crippen LogP contribution in [0.1, 0.15) is 0 Å². The summed E-state index contributed by atoms with van der Waals surface area (Å²) in [7, 11) is -0.0740. The van der Waals surface area contributed by atoms with E-state index in [1.54, 1.807) is 0 Å². The molecule has 0 radical (unpaired) electrons. The van der Waals surface area contributed by atoms with E-state index in [1.807, 2.05) is 0 Å². The maximum atomic E-state index is 9.71. The van der Waals surface area contributed by atoms with E-state index >= 15 is 0 Å². The Hall–Kier alpha value is -0.510. The molecule has 0 aromatic rings. The average molecular weight is 152 g/mol. The summed E-state index contributed by atoms with van der Waals surface area (Å²) in [5.41, 5.74) is 0. The van der Waals surface area contributed by atoms with E-state index in [0.29, 0.717) is 0 Å². The molecule has 0 aliphatic carbocycles. The Labute approximate surface area is 54.2 Å². The number of nitrogens with one attached hydrogen (secondary N) is 1. The molecule has 5 N–H and O–H groups in total. The Kier molecular flexibility index (Phi) is 9.41. The molecule has 0 heterocycles. The number of aliphatic carboxylic acids is 1. The predicted molar refractivity (Wildman–Crippen MR) is 33.1 cm³/mol. The van der Waals surface area contributed by atoms with Gasteiger partial charge in [0.25, 0.3) is 0 Å². The second-order valence-electron chi connectivity index (χ2n) is 1.11. The first-order valence-corrected chi connectivity index (χ1v) is 2.98. The van der Waals surface area contributed by atoms with Gasteiger partial charge >= 0.3 is 5.97 Å². The van der Waals surface area contributed by atoms with Gasteiger partial charge in [-0.05, 0) is 0 Å². The molecule has 0 fully saturated rings. The number of rotatable bonds is 4. The van der Waals surface area contributed by atoms with Crippen molar-refractivity contribution in [3.63, 3.8) is 0 Å². The number of carbonyl (C=O) groups is 1. The molecule has 0 rings (SSSR count). The van der Waals surface area contributed by atoms with E-state index in [9.17, 15) is 9.36 Å². The van der Waals surface area contributed by atoms with E-state index in [0.717, 1.165) is 0 Å². The molecule has 0 unspecified atom stereocenters. The van der Waals surface area contributed by atoms with Crippen LogP contribution in [0.3, 0.4) is 0 Å². The topological polar surface area (TPSA) is 101 Å². The van der Waals surface area contributed by atoms with Gasteiger partial charge in [-0.3, -0.25) is 14.7 Å². The molecular weight excluding hydrogens is 143 g/mol. The van der Waals surface area contributed by atoms with Crippen molar-refractivity contribution < 1.29 is 14.5 Å². The summed E-state index contributed by atoms with van der Waals surface area (Å²) >= 11 is 0. The van der Waals surface area contributed by atoms with Crippen LogP contribution in [0.4, 0.5) is 0 Å². The summed E-state index contributed by atoms with van der Waals surface area (Å²) in [5.74, 6) is -0.936. The first kappa shape index (κ1) is 11.3. The molecule has 0 saturated carbocycles. The maximum absolute atomic E-state index is 9.71. The number of carboxylic acid groups (broad SMARTS) is 1. The summed E-state index contributed by atoms with van der Waals surface area (Å²) in [6.07, 6.45) is 0.201. The molecule has 9 heavy (non-hydrogen) atoms. The van der Waals surface area contributed by atoms with Crippen LogP contribution in [-0.2, 0) is 9.36 Å².